The lowest BCUT2D eigenvalue weighted by Gasteiger charge is -2.17. The van der Waals surface area contributed by atoms with Gasteiger partial charge in [0.05, 0.1) is 6.61 Å². The van der Waals surface area contributed by atoms with E-state index in [1.807, 2.05) is 20.8 Å². The Morgan fingerprint density at radius 1 is 1.35 bits per heavy atom. The number of nitrogen functional groups attached to an aromatic ring is 1. The summed E-state index contributed by atoms with van der Waals surface area (Å²) in [5.74, 6) is 7.66. The van der Waals surface area contributed by atoms with Crippen molar-refractivity contribution in [3.63, 3.8) is 0 Å². The summed E-state index contributed by atoms with van der Waals surface area (Å²) in [6.07, 6.45) is 0.766. The molecule has 0 radical (unpaired) electrons. The molecule has 0 spiro atoms. The first-order valence-corrected chi connectivity index (χ1v) is 5.71. The van der Waals surface area contributed by atoms with E-state index in [0.29, 0.717) is 12.4 Å². The zero-order valence-electron chi connectivity index (χ0n) is 10.9. The SMILES string of the molecule is CCc1nc(NN)c(C)c(NC(C)COC)n1. The molecule has 6 nitrogen and oxygen atoms in total. The second-order valence-corrected chi connectivity index (χ2v) is 3.96. The van der Waals surface area contributed by atoms with Crippen LogP contribution in [0.5, 0.6) is 0 Å². The van der Waals surface area contributed by atoms with Gasteiger partial charge in [-0.3, -0.25) is 0 Å². The van der Waals surface area contributed by atoms with E-state index < -0.39 is 0 Å². The van der Waals surface area contributed by atoms with Crippen molar-refractivity contribution >= 4 is 11.6 Å². The van der Waals surface area contributed by atoms with E-state index >= 15 is 0 Å². The summed E-state index contributed by atoms with van der Waals surface area (Å²) >= 11 is 0. The zero-order chi connectivity index (χ0) is 12.8. The average Bonchev–Trinajstić information content (AvgIpc) is 2.32. The van der Waals surface area contributed by atoms with Crippen molar-refractivity contribution in [1.82, 2.24) is 9.97 Å². The van der Waals surface area contributed by atoms with Gasteiger partial charge in [-0.2, -0.15) is 0 Å². The summed E-state index contributed by atoms with van der Waals surface area (Å²) in [4.78, 5) is 8.75. The molecule has 0 aliphatic carbocycles. The van der Waals surface area contributed by atoms with Crippen molar-refractivity contribution in [3.8, 4) is 0 Å². The lowest BCUT2D eigenvalue weighted by molar-refractivity contribution is 0.190. The fourth-order valence-corrected chi connectivity index (χ4v) is 1.53. The number of nitrogens with two attached hydrogens (primary N) is 1. The maximum atomic E-state index is 5.44. The standard InChI is InChI=1S/C11H21N5O/c1-5-9-14-10(13-7(2)6-17-4)8(3)11(15-9)16-12/h7H,5-6,12H2,1-4H3,(H2,13,14,15,16). The van der Waals surface area contributed by atoms with E-state index in [-0.39, 0.29) is 6.04 Å². The highest BCUT2D eigenvalue weighted by atomic mass is 16.5. The van der Waals surface area contributed by atoms with E-state index in [1.165, 1.54) is 0 Å². The number of ether oxygens (including phenoxy) is 1. The molecule has 1 rings (SSSR count). The third kappa shape index (κ3) is 3.54. The lowest BCUT2D eigenvalue weighted by atomic mass is 10.2. The van der Waals surface area contributed by atoms with Crippen molar-refractivity contribution in [1.29, 1.82) is 0 Å². The highest BCUT2D eigenvalue weighted by Crippen LogP contribution is 2.20. The van der Waals surface area contributed by atoms with E-state index in [2.05, 4.69) is 20.7 Å². The van der Waals surface area contributed by atoms with E-state index in [0.717, 1.165) is 23.6 Å². The van der Waals surface area contributed by atoms with E-state index in [4.69, 9.17) is 10.6 Å². The summed E-state index contributed by atoms with van der Waals surface area (Å²) in [6.45, 7) is 6.59. The van der Waals surface area contributed by atoms with Gasteiger partial charge in [-0.05, 0) is 13.8 Å². The molecule has 1 heterocycles. The van der Waals surface area contributed by atoms with Crippen molar-refractivity contribution < 1.29 is 4.74 Å². The Labute approximate surface area is 102 Å². The molecule has 0 aliphatic rings. The van der Waals surface area contributed by atoms with Crippen molar-refractivity contribution in [2.75, 3.05) is 24.5 Å². The molecule has 1 aromatic rings. The second kappa shape index (κ2) is 6.36. The minimum absolute atomic E-state index is 0.184. The fourth-order valence-electron chi connectivity index (χ4n) is 1.53. The summed E-state index contributed by atoms with van der Waals surface area (Å²) in [5.41, 5.74) is 3.50. The molecule has 0 aliphatic heterocycles. The third-order valence-electron chi connectivity index (χ3n) is 2.44. The number of rotatable bonds is 6. The van der Waals surface area contributed by atoms with Crippen LogP contribution in [0.15, 0.2) is 0 Å². The van der Waals surface area contributed by atoms with Crippen LogP contribution in [0.4, 0.5) is 11.6 Å². The van der Waals surface area contributed by atoms with Crippen LogP contribution in [0.2, 0.25) is 0 Å². The van der Waals surface area contributed by atoms with Gasteiger partial charge in [0.25, 0.3) is 0 Å². The molecule has 6 heteroatoms. The fraction of sp³-hybridized carbons (Fsp3) is 0.636. The zero-order valence-corrected chi connectivity index (χ0v) is 10.9. The number of nitrogens with zero attached hydrogens (tertiary/aromatic N) is 2. The first-order chi connectivity index (χ1) is 8.12. The Bertz CT molecular complexity index is 369. The van der Waals surface area contributed by atoms with Gasteiger partial charge in [-0.1, -0.05) is 6.92 Å². The number of hydrogen-bond donors (Lipinski definition) is 3. The first-order valence-electron chi connectivity index (χ1n) is 5.71. The van der Waals surface area contributed by atoms with Gasteiger partial charge in [0.15, 0.2) is 0 Å². The molecule has 96 valence electrons. The number of nitrogens with one attached hydrogen (secondary N) is 2. The molecule has 0 amide bonds. The summed E-state index contributed by atoms with van der Waals surface area (Å²) in [5, 5.41) is 3.29. The van der Waals surface area contributed by atoms with E-state index in [9.17, 15) is 0 Å². The molecule has 0 saturated heterocycles. The van der Waals surface area contributed by atoms with Gasteiger partial charge in [0.1, 0.15) is 17.5 Å². The highest BCUT2D eigenvalue weighted by Gasteiger charge is 2.11. The minimum Gasteiger partial charge on any atom is -0.383 e. The van der Waals surface area contributed by atoms with Gasteiger partial charge in [0, 0.05) is 25.1 Å². The molecular weight excluding hydrogens is 218 g/mol. The molecule has 1 unspecified atom stereocenters. The molecule has 0 aromatic carbocycles. The first kappa shape index (κ1) is 13.7. The Balaban J connectivity index is 2.96. The van der Waals surface area contributed by atoms with Crippen LogP contribution in [0, 0.1) is 6.92 Å². The van der Waals surface area contributed by atoms with E-state index in [1.54, 1.807) is 7.11 Å². The normalized spacial score (nSPS) is 12.3. The Morgan fingerprint density at radius 3 is 2.53 bits per heavy atom. The summed E-state index contributed by atoms with van der Waals surface area (Å²) in [7, 11) is 1.68. The maximum absolute atomic E-state index is 5.44. The van der Waals surface area contributed by atoms with Crippen LogP contribution in [-0.2, 0) is 11.2 Å². The number of hydrogen-bond acceptors (Lipinski definition) is 6. The molecule has 1 aromatic heterocycles. The smallest absolute Gasteiger partial charge is 0.148 e. The maximum Gasteiger partial charge on any atom is 0.148 e. The molecular formula is C11H21N5O. The van der Waals surface area contributed by atoms with Gasteiger partial charge in [0.2, 0.25) is 0 Å². The van der Waals surface area contributed by atoms with Crippen LogP contribution < -0.4 is 16.6 Å². The number of methoxy groups -OCH3 is 1. The molecule has 0 fully saturated rings. The number of aromatic nitrogens is 2. The Kier molecular flexibility index (Phi) is 5.11. The predicted octanol–water partition coefficient (Wildman–Crippen LogP) is 1.08. The average molecular weight is 239 g/mol. The number of hydrazine groups is 1. The highest BCUT2D eigenvalue weighted by molar-refractivity contribution is 5.57. The van der Waals surface area contributed by atoms with Gasteiger partial charge >= 0.3 is 0 Å². The third-order valence-corrected chi connectivity index (χ3v) is 2.44. The van der Waals surface area contributed by atoms with Gasteiger partial charge in [-0.15, -0.1) is 0 Å². The van der Waals surface area contributed by atoms with Crippen LogP contribution in [0.1, 0.15) is 25.2 Å². The summed E-state index contributed by atoms with van der Waals surface area (Å²) < 4.78 is 5.08. The molecule has 0 bridgehead atoms. The van der Waals surface area contributed by atoms with Crippen LogP contribution in [0.25, 0.3) is 0 Å². The number of aryl methyl sites for hydroxylation is 1. The van der Waals surface area contributed by atoms with Crippen LogP contribution in [-0.4, -0.2) is 29.7 Å². The molecule has 4 N–H and O–H groups in total. The van der Waals surface area contributed by atoms with Gasteiger partial charge in [-0.25, -0.2) is 15.8 Å². The van der Waals surface area contributed by atoms with Crippen molar-refractivity contribution in [2.45, 2.75) is 33.2 Å². The number of anilines is 2. The van der Waals surface area contributed by atoms with Gasteiger partial charge < -0.3 is 15.5 Å². The molecule has 1 atom stereocenters. The van der Waals surface area contributed by atoms with Crippen molar-refractivity contribution in [3.05, 3.63) is 11.4 Å². The monoisotopic (exact) mass is 239 g/mol. The Hall–Kier alpha value is -1.40. The predicted molar refractivity (Wildman–Crippen MR) is 68.9 cm³/mol. The molecule has 0 saturated carbocycles. The van der Waals surface area contributed by atoms with Crippen molar-refractivity contribution in [2.24, 2.45) is 5.84 Å². The molecule has 17 heavy (non-hydrogen) atoms. The summed E-state index contributed by atoms with van der Waals surface area (Å²) in [6, 6.07) is 0.184. The second-order valence-electron chi connectivity index (χ2n) is 3.96. The lowest BCUT2D eigenvalue weighted by Crippen LogP contribution is -2.23. The van der Waals surface area contributed by atoms with Crippen LogP contribution in [0.3, 0.4) is 0 Å². The Morgan fingerprint density at radius 2 is 2.00 bits per heavy atom. The quantitative estimate of drug-likeness (QED) is 0.509. The van der Waals surface area contributed by atoms with Crippen LogP contribution >= 0.6 is 0 Å². The largest absolute Gasteiger partial charge is 0.383 e. The minimum atomic E-state index is 0.184. The topological polar surface area (TPSA) is 85.1 Å².